The number of benzene rings is 1. The van der Waals surface area contributed by atoms with Crippen LogP contribution in [0.15, 0.2) is 53.7 Å². The fourth-order valence-corrected chi connectivity index (χ4v) is 3.56. The number of aromatic nitrogens is 1. The van der Waals surface area contributed by atoms with Gasteiger partial charge < -0.3 is 10.2 Å². The third-order valence-electron chi connectivity index (χ3n) is 4.36. The van der Waals surface area contributed by atoms with Gasteiger partial charge in [0, 0.05) is 30.9 Å². The lowest BCUT2D eigenvalue weighted by molar-refractivity contribution is 0.0694. The van der Waals surface area contributed by atoms with Crippen molar-refractivity contribution >= 4 is 23.6 Å². The number of nitrogens with one attached hydrogen (secondary N) is 1. The molecule has 2 amide bonds. The maximum absolute atomic E-state index is 12.7. The normalized spacial score (nSPS) is 15.0. The molecule has 1 aromatic carbocycles. The second kappa shape index (κ2) is 8.94. The first-order chi connectivity index (χ1) is 13.0. The maximum Gasteiger partial charge on any atom is 0.290 e. The zero-order chi connectivity index (χ0) is 19.2. The van der Waals surface area contributed by atoms with E-state index < -0.39 is 5.76 Å². The number of alkyl halides is 2. The van der Waals surface area contributed by atoms with Crippen LogP contribution >= 0.6 is 11.8 Å². The molecule has 1 aliphatic rings. The van der Waals surface area contributed by atoms with Gasteiger partial charge in [-0.15, -0.1) is 0 Å². The van der Waals surface area contributed by atoms with E-state index in [4.69, 9.17) is 0 Å². The van der Waals surface area contributed by atoms with E-state index in [2.05, 4.69) is 10.3 Å². The first-order valence-electron chi connectivity index (χ1n) is 8.59. The quantitative estimate of drug-likeness (QED) is 0.794. The van der Waals surface area contributed by atoms with Crippen LogP contribution in [-0.2, 0) is 0 Å². The number of piperidine rings is 1. The van der Waals surface area contributed by atoms with E-state index in [0.717, 1.165) is 0 Å². The maximum atomic E-state index is 12.7. The van der Waals surface area contributed by atoms with Gasteiger partial charge in [0.05, 0.1) is 5.56 Å². The average Bonchev–Trinajstić information content (AvgIpc) is 2.69. The largest absolute Gasteiger partial charge is 0.349 e. The molecule has 0 radical (unpaired) electrons. The molecule has 3 rings (SSSR count). The molecule has 142 valence electrons. The van der Waals surface area contributed by atoms with E-state index in [9.17, 15) is 18.4 Å². The van der Waals surface area contributed by atoms with Crippen LogP contribution in [0.3, 0.4) is 0 Å². The number of amides is 2. The molecule has 1 aromatic heterocycles. The van der Waals surface area contributed by atoms with Crippen LogP contribution in [0, 0.1) is 0 Å². The Balaban J connectivity index is 1.58. The van der Waals surface area contributed by atoms with Crippen LogP contribution in [0.2, 0.25) is 0 Å². The zero-order valence-electron chi connectivity index (χ0n) is 14.5. The second-order valence-electron chi connectivity index (χ2n) is 6.14. The molecule has 0 bridgehead atoms. The monoisotopic (exact) mass is 391 g/mol. The summed E-state index contributed by atoms with van der Waals surface area (Å²) < 4.78 is 25.4. The van der Waals surface area contributed by atoms with Crippen molar-refractivity contribution in [3.63, 3.8) is 0 Å². The molecular formula is C19H19F2N3O2S. The molecule has 0 atom stereocenters. The molecule has 1 N–H and O–H groups in total. The van der Waals surface area contributed by atoms with Gasteiger partial charge in [-0.2, -0.15) is 8.78 Å². The Morgan fingerprint density at radius 3 is 2.48 bits per heavy atom. The van der Waals surface area contributed by atoms with Crippen molar-refractivity contribution in [2.75, 3.05) is 13.1 Å². The summed E-state index contributed by atoms with van der Waals surface area (Å²) in [4.78, 5) is 30.4. The number of carbonyl (C=O) groups is 2. The minimum atomic E-state index is -2.63. The lowest BCUT2D eigenvalue weighted by Gasteiger charge is -2.32. The van der Waals surface area contributed by atoms with Crippen LogP contribution in [0.1, 0.15) is 33.6 Å². The van der Waals surface area contributed by atoms with Gasteiger partial charge in [0.25, 0.3) is 17.6 Å². The summed E-state index contributed by atoms with van der Waals surface area (Å²) >= 11 is 0.275. The molecule has 0 saturated carbocycles. The lowest BCUT2D eigenvalue weighted by atomic mass is 10.0. The molecule has 8 heteroatoms. The molecule has 5 nitrogen and oxygen atoms in total. The number of rotatable bonds is 5. The number of halogens is 2. The van der Waals surface area contributed by atoms with Gasteiger partial charge in [0.2, 0.25) is 0 Å². The van der Waals surface area contributed by atoms with Gasteiger partial charge in [0.15, 0.2) is 0 Å². The molecule has 2 heterocycles. The van der Waals surface area contributed by atoms with E-state index in [1.54, 1.807) is 35.2 Å². The van der Waals surface area contributed by atoms with Gasteiger partial charge in [-0.05, 0) is 48.9 Å². The summed E-state index contributed by atoms with van der Waals surface area (Å²) in [5, 5.41) is 3.02. The standard InChI is InChI=1S/C19H19F2N3O2S/c20-19(21)27-17-15(7-4-10-22-17)18(26)24-11-8-14(9-12-24)23-16(25)13-5-2-1-3-6-13/h1-7,10,14,19H,8-9,11-12H2,(H,23,25). The Morgan fingerprint density at radius 1 is 1.11 bits per heavy atom. The van der Waals surface area contributed by atoms with Crippen molar-refractivity contribution in [2.45, 2.75) is 29.7 Å². The average molecular weight is 391 g/mol. The van der Waals surface area contributed by atoms with Gasteiger partial charge in [-0.1, -0.05) is 18.2 Å². The van der Waals surface area contributed by atoms with Crippen molar-refractivity contribution in [2.24, 2.45) is 0 Å². The predicted octanol–water partition coefficient (Wildman–Crippen LogP) is 3.43. The predicted molar refractivity (Wildman–Crippen MR) is 98.9 cm³/mol. The van der Waals surface area contributed by atoms with Gasteiger partial charge >= 0.3 is 0 Å². The first kappa shape index (κ1) is 19.3. The Morgan fingerprint density at radius 2 is 1.81 bits per heavy atom. The van der Waals surface area contributed by atoms with Gasteiger partial charge in [-0.25, -0.2) is 4.98 Å². The van der Waals surface area contributed by atoms with E-state index in [1.165, 1.54) is 12.3 Å². The van der Waals surface area contributed by atoms with Crippen molar-refractivity contribution in [3.8, 4) is 0 Å². The Labute approximate surface area is 160 Å². The number of carbonyl (C=O) groups excluding carboxylic acids is 2. The summed E-state index contributed by atoms with van der Waals surface area (Å²) in [5.74, 6) is -3.08. The van der Waals surface area contributed by atoms with Crippen molar-refractivity contribution in [3.05, 3.63) is 59.8 Å². The highest BCUT2D eigenvalue weighted by Gasteiger charge is 2.27. The number of hydrogen-bond acceptors (Lipinski definition) is 4. The SMILES string of the molecule is O=C(NC1CCN(C(=O)c2cccnc2SC(F)F)CC1)c1ccccc1. The molecule has 1 saturated heterocycles. The number of thioether (sulfide) groups is 1. The van der Waals surface area contributed by atoms with E-state index in [-0.39, 0.29) is 40.2 Å². The molecular weight excluding hydrogens is 372 g/mol. The summed E-state index contributed by atoms with van der Waals surface area (Å²) in [6.45, 7) is 0.901. The van der Waals surface area contributed by atoms with Crippen molar-refractivity contribution < 1.29 is 18.4 Å². The first-order valence-corrected chi connectivity index (χ1v) is 9.47. The Hall–Kier alpha value is -2.48. The number of hydrogen-bond donors (Lipinski definition) is 1. The van der Waals surface area contributed by atoms with Crippen LogP contribution in [0.4, 0.5) is 8.78 Å². The number of likely N-dealkylation sites (tertiary alicyclic amines) is 1. The second-order valence-corrected chi connectivity index (χ2v) is 7.12. The molecule has 1 aliphatic heterocycles. The smallest absolute Gasteiger partial charge is 0.290 e. The highest BCUT2D eigenvalue weighted by atomic mass is 32.2. The fraction of sp³-hybridized carbons (Fsp3) is 0.316. The minimum absolute atomic E-state index is 0.0226. The van der Waals surface area contributed by atoms with E-state index in [0.29, 0.717) is 31.5 Å². The molecule has 2 aromatic rings. The fourth-order valence-electron chi connectivity index (χ4n) is 2.99. The van der Waals surface area contributed by atoms with Crippen molar-refractivity contribution in [1.29, 1.82) is 0 Å². The summed E-state index contributed by atoms with van der Waals surface area (Å²) in [6, 6.07) is 12.0. The molecule has 0 spiro atoms. The zero-order valence-corrected chi connectivity index (χ0v) is 15.3. The number of pyridine rings is 1. The highest BCUT2D eigenvalue weighted by Crippen LogP contribution is 2.27. The van der Waals surface area contributed by atoms with Crippen LogP contribution in [-0.4, -0.2) is 46.6 Å². The van der Waals surface area contributed by atoms with Gasteiger partial charge in [0.1, 0.15) is 5.03 Å². The van der Waals surface area contributed by atoms with Crippen LogP contribution < -0.4 is 5.32 Å². The van der Waals surface area contributed by atoms with Crippen molar-refractivity contribution in [1.82, 2.24) is 15.2 Å². The molecule has 0 aliphatic carbocycles. The van der Waals surface area contributed by atoms with E-state index in [1.807, 2.05) is 6.07 Å². The lowest BCUT2D eigenvalue weighted by Crippen LogP contribution is -2.46. The minimum Gasteiger partial charge on any atom is -0.349 e. The summed E-state index contributed by atoms with van der Waals surface area (Å²) in [5.41, 5.74) is 0.787. The third-order valence-corrected chi connectivity index (χ3v) is 5.08. The summed E-state index contributed by atoms with van der Waals surface area (Å²) in [6.07, 6.45) is 2.62. The Bertz CT molecular complexity index is 797. The molecule has 27 heavy (non-hydrogen) atoms. The van der Waals surface area contributed by atoms with E-state index >= 15 is 0 Å². The summed E-state index contributed by atoms with van der Waals surface area (Å²) in [7, 11) is 0. The highest BCUT2D eigenvalue weighted by molar-refractivity contribution is 7.99. The Kier molecular flexibility index (Phi) is 6.39. The topological polar surface area (TPSA) is 62.3 Å². The molecule has 0 unspecified atom stereocenters. The van der Waals surface area contributed by atoms with Crippen LogP contribution in [0.5, 0.6) is 0 Å². The van der Waals surface area contributed by atoms with Crippen LogP contribution in [0.25, 0.3) is 0 Å². The molecule has 1 fully saturated rings. The number of nitrogens with zero attached hydrogens (tertiary/aromatic N) is 2. The third kappa shape index (κ3) is 5.03. The van der Waals surface area contributed by atoms with Gasteiger partial charge in [-0.3, -0.25) is 9.59 Å².